The average molecular weight is 532 g/mol. The first-order valence-electron chi connectivity index (χ1n) is 12.4. The number of aromatic nitrogens is 5. The first kappa shape index (κ1) is 24.4. The molecule has 0 spiro atoms. The molecule has 3 heterocycles. The van der Waals surface area contributed by atoms with Crippen molar-refractivity contribution in [1.82, 2.24) is 24.5 Å². The second kappa shape index (κ2) is 8.83. The topological polar surface area (TPSA) is 99.7 Å². The molecule has 10 heteroatoms. The number of halogens is 1. The van der Waals surface area contributed by atoms with Crippen LogP contribution in [0.3, 0.4) is 0 Å². The lowest BCUT2D eigenvalue weighted by molar-refractivity contribution is 0.0795. The molecule has 0 N–H and O–H groups in total. The Bertz CT molecular complexity index is 1700. The standard InChI is InChI=1S/C28H26FN5O3S/c1-18-9-11-30-24(13-18)27(35)28-15-22(38(36,37)23-10-12-33(2)17-23)8-3-19(28)14-26-25(16-28)31-32-34(26)21-6-4-20(29)5-7-21/h4-7,9-14,17,22H,3,8,15-16H2,1-2H3/t22-,28+/m0/s1. The molecule has 0 bridgehead atoms. The summed E-state index contributed by atoms with van der Waals surface area (Å²) in [5.41, 5.74) is 2.91. The van der Waals surface area contributed by atoms with Gasteiger partial charge in [-0.05, 0) is 80.3 Å². The van der Waals surface area contributed by atoms with Crippen LogP contribution in [0.1, 0.15) is 46.7 Å². The molecule has 2 aliphatic rings. The Morgan fingerprint density at radius 3 is 2.66 bits per heavy atom. The highest BCUT2D eigenvalue weighted by molar-refractivity contribution is 7.92. The Labute approximate surface area is 219 Å². The number of benzene rings is 1. The second-order valence-electron chi connectivity index (χ2n) is 10.2. The maximum Gasteiger partial charge on any atom is 0.191 e. The molecule has 0 unspecified atom stereocenters. The highest BCUT2D eigenvalue weighted by atomic mass is 32.2. The van der Waals surface area contributed by atoms with Crippen LogP contribution in [-0.4, -0.2) is 44.0 Å². The Kier molecular flexibility index (Phi) is 5.68. The van der Waals surface area contributed by atoms with Crippen LogP contribution >= 0.6 is 0 Å². The molecule has 2 aliphatic carbocycles. The molecule has 0 saturated heterocycles. The summed E-state index contributed by atoms with van der Waals surface area (Å²) in [6.07, 6.45) is 8.00. The van der Waals surface area contributed by atoms with Gasteiger partial charge >= 0.3 is 0 Å². The van der Waals surface area contributed by atoms with Gasteiger partial charge in [0.2, 0.25) is 0 Å². The fourth-order valence-electron chi connectivity index (χ4n) is 5.72. The summed E-state index contributed by atoms with van der Waals surface area (Å²) in [5, 5.41) is 7.95. The van der Waals surface area contributed by atoms with E-state index in [9.17, 15) is 17.6 Å². The van der Waals surface area contributed by atoms with Gasteiger partial charge < -0.3 is 4.57 Å². The molecule has 8 nitrogen and oxygen atoms in total. The maximum absolute atomic E-state index is 14.2. The summed E-state index contributed by atoms with van der Waals surface area (Å²) in [6, 6.07) is 11.1. The fraction of sp³-hybridized carbons (Fsp3) is 0.286. The number of hydrogen-bond donors (Lipinski definition) is 0. The van der Waals surface area contributed by atoms with Crippen LogP contribution in [-0.2, 0) is 23.3 Å². The van der Waals surface area contributed by atoms with Gasteiger partial charge in [0, 0.05) is 32.1 Å². The third-order valence-corrected chi connectivity index (χ3v) is 9.89. The summed E-state index contributed by atoms with van der Waals surface area (Å²) in [7, 11) is -1.89. The van der Waals surface area contributed by atoms with Crippen LogP contribution in [0.2, 0.25) is 0 Å². The summed E-state index contributed by atoms with van der Waals surface area (Å²) < 4.78 is 44.2. The molecule has 1 aromatic carbocycles. The van der Waals surface area contributed by atoms with Crippen molar-refractivity contribution in [3.05, 3.63) is 95.1 Å². The zero-order valence-corrected chi connectivity index (χ0v) is 21.8. The number of hydrogen-bond acceptors (Lipinski definition) is 6. The average Bonchev–Trinajstić information content (AvgIpc) is 3.53. The van der Waals surface area contributed by atoms with Crippen molar-refractivity contribution in [3.63, 3.8) is 0 Å². The van der Waals surface area contributed by atoms with Gasteiger partial charge in [-0.2, -0.15) is 0 Å². The van der Waals surface area contributed by atoms with Gasteiger partial charge in [0.15, 0.2) is 15.6 Å². The van der Waals surface area contributed by atoms with Crippen molar-refractivity contribution in [3.8, 4) is 5.69 Å². The van der Waals surface area contributed by atoms with E-state index in [1.807, 2.05) is 19.1 Å². The van der Waals surface area contributed by atoms with Crippen molar-refractivity contribution in [2.45, 2.75) is 42.8 Å². The number of allylic oxidation sites excluding steroid dienone is 1. The maximum atomic E-state index is 14.2. The van der Waals surface area contributed by atoms with Gasteiger partial charge in [0.25, 0.3) is 0 Å². The number of rotatable bonds is 5. The molecule has 6 rings (SSSR count). The predicted octanol–water partition coefficient (Wildman–Crippen LogP) is 4.28. The molecule has 1 saturated carbocycles. The Morgan fingerprint density at radius 1 is 1.16 bits per heavy atom. The van der Waals surface area contributed by atoms with E-state index in [4.69, 9.17) is 0 Å². The van der Waals surface area contributed by atoms with E-state index in [1.54, 1.807) is 59.2 Å². The van der Waals surface area contributed by atoms with Crippen LogP contribution in [0.4, 0.5) is 4.39 Å². The van der Waals surface area contributed by atoms with Gasteiger partial charge in [-0.15, -0.1) is 5.10 Å². The molecule has 1 fully saturated rings. The third kappa shape index (κ3) is 3.91. The van der Waals surface area contributed by atoms with E-state index in [-0.39, 0.29) is 29.3 Å². The molecule has 0 radical (unpaired) electrons. The lowest BCUT2D eigenvalue weighted by atomic mass is 9.62. The first-order chi connectivity index (χ1) is 18.2. The highest BCUT2D eigenvalue weighted by Crippen LogP contribution is 2.51. The number of nitrogens with zero attached hydrogens (tertiary/aromatic N) is 5. The molecule has 3 aromatic heterocycles. The summed E-state index contributed by atoms with van der Waals surface area (Å²) in [4.78, 5) is 18.9. The van der Waals surface area contributed by atoms with Crippen molar-refractivity contribution in [1.29, 1.82) is 0 Å². The van der Waals surface area contributed by atoms with Crippen LogP contribution in [0.15, 0.2) is 71.5 Å². The number of Topliss-reactive ketones (excluding diaryl/α,β-unsaturated/α-hetero) is 1. The molecular formula is C28H26FN5O3S. The number of aryl methyl sites for hydroxylation is 2. The second-order valence-corrected chi connectivity index (χ2v) is 12.4. The van der Waals surface area contributed by atoms with Crippen molar-refractivity contribution in [2.75, 3.05) is 0 Å². The number of fused-ring (bicyclic) bond motifs is 2. The minimum absolute atomic E-state index is 0.132. The van der Waals surface area contributed by atoms with E-state index in [1.165, 1.54) is 12.1 Å². The Morgan fingerprint density at radius 2 is 1.95 bits per heavy atom. The quantitative estimate of drug-likeness (QED) is 0.357. The number of sulfone groups is 1. The SMILES string of the molecule is Cc1ccnc(C(=O)[C@]23Cc4nnn(-c5ccc(F)cc5)c4C=C2CC[C@H](S(=O)(=O)c2ccn(C)c2)C3)c1. The molecule has 194 valence electrons. The molecule has 4 aromatic rings. The van der Waals surface area contributed by atoms with Gasteiger partial charge in [0.1, 0.15) is 11.5 Å². The van der Waals surface area contributed by atoms with Crippen molar-refractivity contribution in [2.24, 2.45) is 12.5 Å². The largest absolute Gasteiger partial charge is 0.356 e. The smallest absolute Gasteiger partial charge is 0.191 e. The van der Waals surface area contributed by atoms with Crippen molar-refractivity contribution >= 4 is 21.7 Å². The Balaban J connectivity index is 1.46. The van der Waals surface area contributed by atoms with Crippen LogP contribution < -0.4 is 0 Å². The zero-order valence-electron chi connectivity index (χ0n) is 21.0. The van der Waals surface area contributed by atoms with E-state index in [2.05, 4.69) is 15.3 Å². The van der Waals surface area contributed by atoms with Gasteiger partial charge in [-0.25, -0.2) is 17.5 Å². The number of pyridine rings is 1. The molecule has 0 aliphatic heterocycles. The normalized spacial score (nSPS) is 20.9. The van der Waals surface area contributed by atoms with Crippen LogP contribution in [0.25, 0.3) is 11.8 Å². The Hall–Kier alpha value is -3.92. The zero-order chi connectivity index (χ0) is 26.7. The van der Waals surface area contributed by atoms with Crippen molar-refractivity contribution < 1.29 is 17.6 Å². The lowest BCUT2D eigenvalue weighted by Gasteiger charge is -2.43. The number of carbonyl (C=O) groups excluding carboxylic acids is 1. The summed E-state index contributed by atoms with van der Waals surface area (Å²) >= 11 is 0. The minimum atomic E-state index is -3.67. The molecule has 0 amide bonds. The van der Waals surface area contributed by atoms with E-state index < -0.39 is 20.5 Å². The predicted molar refractivity (Wildman–Crippen MR) is 139 cm³/mol. The molecule has 2 atom stereocenters. The summed E-state index contributed by atoms with van der Waals surface area (Å²) in [5.74, 6) is -0.559. The van der Waals surface area contributed by atoms with E-state index >= 15 is 0 Å². The van der Waals surface area contributed by atoms with Gasteiger partial charge in [-0.3, -0.25) is 9.78 Å². The third-order valence-electron chi connectivity index (χ3n) is 7.71. The fourth-order valence-corrected chi connectivity index (χ4v) is 7.60. The van der Waals surface area contributed by atoms with Gasteiger partial charge in [0.05, 0.1) is 32.6 Å². The highest BCUT2D eigenvalue weighted by Gasteiger charge is 2.52. The number of carbonyl (C=O) groups is 1. The monoisotopic (exact) mass is 531 g/mol. The molecule has 38 heavy (non-hydrogen) atoms. The van der Waals surface area contributed by atoms with Crippen LogP contribution in [0, 0.1) is 18.2 Å². The van der Waals surface area contributed by atoms with E-state index in [0.717, 1.165) is 16.8 Å². The number of ketones is 1. The first-order valence-corrected chi connectivity index (χ1v) is 14.0. The molecular weight excluding hydrogens is 505 g/mol. The summed E-state index contributed by atoms with van der Waals surface area (Å²) in [6.45, 7) is 1.89. The minimum Gasteiger partial charge on any atom is -0.356 e. The van der Waals surface area contributed by atoms with Crippen LogP contribution in [0.5, 0.6) is 0 Å². The van der Waals surface area contributed by atoms with Gasteiger partial charge in [-0.1, -0.05) is 10.8 Å². The van der Waals surface area contributed by atoms with E-state index in [0.29, 0.717) is 29.9 Å². The lowest BCUT2D eigenvalue weighted by Crippen LogP contribution is -2.46.